The van der Waals surface area contributed by atoms with E-state index in [1.165, 1.54) is 48.5 Å². The first kappa shape index (κ1) is 47.0. The Labute approximate surface area is 190 Å². The summed E-state index contributed by atoms with van der Waals surface area (Å²) in [6, 6.07) is 11.2. The van der Waals surface area contributed by atoms with E-state index in [2.05, 4.69) is 13.2 Å². The zero-order valence-corrected chi connectivity index (χ0v) is 19.1. The van der Waals surface area contributed by atoms with E-state index in [0.717, 1.165) is 11.1 Å². The molecule has 0 heterocycles. The van der Waals surface area contributed by atoms with Gasteiger partial charge in [-0.2, -0.15) is 0 Å². The molecule has 12 nitrogen and oxygen atoms in total. The van der Waals surface area contributed by atoms with Crippen LogP contribution in [0.25, 0.3) is 12.2 Å². The third kappa shape index (κ3) is 16.4. The molecule has 2 rings (SSSR count). The molecule has 0 saturated heterocycles. The summed E-state index contributed by atoms with van der Waals surface area (Å²) in [5.74, 6) is 0. The van der Waals surface area contributed by atoms with Gasteiger partial charge in [-0.05, 0) is 35.4 Å². The quantitative estimate of drug-likeness (QED) is 0.222. The molecule has 0 aliphatic rings. The molecule has 0 amide bonds. The summed E-state index contributed by atoms with van der Waals surface area (Å²) in [6.07, 6.45) is 3.14. The summed E-state index contributed by atoms with van der Waals surface area (Å²) < 4.78 is 62.7. The van der Waals surface area contributed by atoms with Crippen LogP contribution in [0.15, 0.2) is 71.5 Å². The minimum Gasteiger partial charge on any atom is -0.744 e. The van der Waals surface area contributed by atoms with Crippen molar-refractivity contribution in [3.63, 3.8) is 0 Å². The SMILES string of the molecule is C=Cc1ccc(S(=O)(=O)[O-])cc1.C=Cc1ccc(S(=O)(=O)[O-])cc1.[Mn+2].[OH3+].[OH3+].[OH3+].[OH3+].[OH3+].[OH3+]. The topological polar surface area (TPSA) is 312 Å². The molecule has 0 aliphatic heterocycles. The molecule has 181 valence electrons. The second-order valence-electron chi connectivity index (χ2n) is 4.45. The summed E-state index contributed by atoms with van der Waals surface area (Å²) in [6.45, 7) is 6.99. The van der Waals surface area contributed by atoms with Crippen LogP contribution in [0, 0.1) is 0 Å². The number of benzene rings is 2. The van der Waals surface area contributed by atoms with E-state index in [1.807, 2.05) is 0 Å². The van der Waals surface area contributed by atoms with Crippen molar-refractivity contribution in [2.75, 3.05) is 0 Å². The van der Waals surface area contributed by atoms with Crippen LogP contribution in [0.1, 0.15) is 11.1 Å². The second kappa shape index (κ2) is 20.0. The zero-order valence-electron chi connectivity index (χ0n) is 16.3. The van der Waals surface area contributed by atoms with Crippen LogP contribution in [0.5, 0.6) is 0 Å². The third-order valence-electron chi connectivity index (χ3n) is 2.81. The summed E-state index contributed by atoms with van der Waals surface area (Å²) in [4.78, 5) is -0.429. The standard InChI is InChI=1S/2C8H8O3S.Mn.6H2O/c2*1-2-7-3-5-8(6-4-7)12(9,10)11;;;;;;;/h2*2-6H,1H2,(H,9,10,11);;6*1H2/q;;+2;;;;;;/p+4. The molecule has 0 bridgehead atoms. The molecule has 2 aromatic carbocycles. The fraction of sp³-hybridized carbons (Fsp3) is 0. The van der Waals surface area contributed by atoms with E-state index in [1.54, 1.807) is 12.2 Å². The largest absolute Gasteiger partial charge is 2.00 e. The van der Waals surface area contributed by atoms with E-state index in [4.69, 9.17) is 0 Å². The molecule has 31 heavy (non-hydrogen) atoms. The normalized spacial score (nSPS) is 8.58. The van der Waals surface area contributed by atoms with Crippen molar-refractivity contribution in [2.24, 2.45) is 0 Å². The van der Waals surface area contributed by atoms with Gasteiger partial charge in [0, 0.05) is 0 Å². The van der Waals surface area contributed by atoms with E-state index in [0.29, 0.717) is 0 Å². The fourth-order valence-electron chi connectivity index (χ4n) is 1.54. The molecule has 0 aromatic heterocycles. The molecule has 0 spiro atoms. The average molecular weight is 535 g/mol. The Hall–Kier alpha value is -1.98. The van der Waals surface area contributed by atoms with Crippen LogP contribution < -0.4 is 0 Å². The van der Waals surface area contributed by atoms with Crippen LogP contribution in [-0.4, -0.2) is 25.9 Å². The molecule has 1 radical (unpaired) electrons. The van der Waals surface area contributed by atoms with Gasteiger partial charge in [-0.3, -0.25) is 0 Å². The van der Waals surface area contributed by atoms with Crippen molar-refractivity contribution in [1.82, 2.24) is 0 Å². The Bertz CT molecular complexity index is 846. The first-order valence-corrected chi connectivity index (χ1v) is 9.26. The maximum atomic E-state index is 10.5. The van der Waals surface area contributed by atoms with Gasteiger partial charge in [-0.25, -0.2) is 16.8 Å². The van der Waals surface area contributed by atoms with Gasteiger partial charge in [-0.1, -0.05) is 49.6 Å². The molecule has 18 N–H and O–H groups in total. The molecule has 0 atom stereocenters. The first-order chi connectivity index (χ1) is 11.1. The van der Waals surface area contributed by atoms with Crippen molar-refractivity contribution in [2.45, 2.75) is 9.79 Å². The second-order valence-corrected chi connectivity index (χ2v) is 7.21. The minimum absolute atomic E-state index is 0. The maximum absolute atomic E-state index is 10.5. The molecule has 2 aromatic rings. The van der Waals surface area contributed by atoms with Gasteiger partial charge in [0.05, 0.1) is 9.79 Å². The van der Waals surface area contributed by atoms with Crippen LogP contribution in [0.4, 0.5) is 0 Å². The molecular formula is C16H32MnO12S2+6. The Balaban J connectivity index is -0.0000000606. The predicted molar refractivity (Wildman–Crippen MR) is 118 cm³/mol. The molecule has 15 heteroatoms. The molecule has 0 saturated carbocycles. The Morgan fingerprint density at radius 3 is 0.871 bits per heavy atom. The van der Waals surface area contributed by atoms with Crippen molar-refractivity contribution in [3.8, 4) is 0 Å². The fourth-order valence-corrected chi connectivity index (χ4v) is 2.48. The van der Waals surface area contributed by atoms with Crippen molar-refractivity contribution in [1.29, 1.82) is 0 Å². The van der Waals surface area contributed by atoms with E-state index >= 15 is 0 Å². The Morgan fingerprint density at radius 2 is 0.742 bits per heavy atom. The van der Waals surface area contributed by atoms with Gasteiger partial charge < -0.3 is 42.0 Å². The van der Waals surface area contributed by atoms with Crippen molar-refractivity contribution < 1.29 is 75.9 Å². The number of rotatable bonds is 4. The van der Waals surface area contributed by atoms with Crippen molar-refractivity contribution in [3.05, 3.63) is 72.8 Å². The van der Waals surface area contributed by atoms with Gasteiger partial charge in [0.25, 0.3) is 0 Å². The summed E-state index contributed by atoms with van der Waals surface area (Å²) in [7, 11) is -8.62. The Kier molecular flexibility index (Phi) is 30.2. The third-order valence-corrected chi connectivity index (χ3v) is 4.51. The zero-order chi connectivity index (χ0) is 18.4. The predicted octanol–water partition coefficient (Wildman–Crippen LogP) is -3.07. The van der Waals surface area contributed by atoms with Crippen LogP contribution >= 0.6 is 0 Å². The molecular weight excluding hydrogens is 503 g/mol. The summed E-state index contributed by atoms with van der Waals surface area (Å²) >= 11 is 0. The van der Waals surface area contributed by atoms with Crippen LogP contribution in [0.3, 0.4) is 0 Å². The summed E-state index contributed by atoms with van der Waals surface area (Å²) in [5.41, 5.74) is 1.56. The van der Waals surface area contributed by atoms with Gasteiger partial charge in [0.15, 0.2) is 0 Å². The van der Waals surface area contributed by atoms with Gasteiger partial charge in [0.2, 0.25) is 0 Å². The van der Waals surface area contributed by atoms with Gasteiger partial charge in [-0.15, -0.1) is 0 Å². The van der Waals surface area contributed by atoms with Crippen LogP contribution in [-0.2, 0) is 70.2 Å². The van der Waals surface area contributed by atoms with Crippen LogP contribution in [0.2, 0.25) is 0 Å². The van der Waals surface area contributed by atoms with E-state index < -0.39 is 20.2 Å². The molecule has 0 aliphatic carbocycles. The monoisotopic (exact) mass is 535 g/mol. The Morgan fingerprint density at radius 1 is 0.548 bits per heavy atom. The van der Waals surface area contributed by atoms with E-state index in [9.17, 15) is 25.9 Å². The minimum atomic E-state index is -4.31. The number of hydrogen-bond acceptors (Lipinski definition) is 6. The molecule has 0 unspecified atom stereocenters. The number of hydrogen-bond donors (Lipinski definition) is 0. The van der Waals surface area contributed by atoms with Gasteiger partial charge >= 0.3 is 17.1 Å². The molecule has 0 fully saturated rings. The summed E-state index contributed by atoms with van der Waals surface area (Å²) in [5, 5.41) is 0. The van der Waals surface area contributed by atoms with Crippen molar-refractivity contribution >= 4 is 32.4 Å². The van der Waals surface area contributed by atoms with Gasteiger partial charge in [0.1, 0.15) is 20.2 Å². The average Bonchev–Trinajstić information content (AvgIpc) is 2.54. The smallest absolute Gasteiger partial charge is 0.744 e. The van der Waals surface area contributed by atoms with E-state index in [-0.39, 0.29) is 59.7 Å². The maximum Gasteiger partial charge on any atom is 2.00 e. The first-order valence-electron chi connectivity index (χ1n) is 6.44.